The van der Waals surface area contributed by atoms with E-state index in [4.69, 9.17) is 5.11 Å². The zero-order valence-corrected chi connectivity index (χ0v) is 9.11. The number of aryl methyl sites for hydroxylation is 1. The number of hydrogen-bond acceptors (Lipinski definition) is 3. The molecule has 1 N–H and O–H groups in total. The first-order chi connectivity index (χ1) is 7.43. The molecule has 0 amide bonds. The van der Waals surface area contributed by atoms with Gasteiger partial charge in [0.05, 0.1) is 12.0 Å². The van der Waals surface area contributed by atoms with Crippen molar-refractivity contribution in [1.82, 2.24) is 0 Å². The minimum Gasteiger partial charge on any atom is -0.478 e. The monoisotopic (exact) mass is 220 g/mol. The second-order valence-electron chi connectivity index (χ2n) is 3.60. The lowest BCUT2D eigenvalue weighted by atomic mass is 9.96. The molecule has 0 unspecified atom stereocenters. The van der Waals surface area contributed by atoms with E-state index < -0.39 is 11.8 Å². The third kappa shape index (κ3) is 2.53. The Morgan fingerprint density at radius 3 is 2.38 bits per heavy atom. The number of ketones is 2. The van der Waals surface area contributed by atoms with Crippen LogP contribution >= 0.6 is 0 Å². The van der Waals surface area contributed by atoms with Crippen molar-refractivity contribution in [2.24, 2.45) is 0 Å². The van der Waals surface area contributed by atoms with E-state index in [0.717, 1.165) is 0 Å². The number of carbonyl (C=O) groups excluding carboxylic acids is 2. The Labute approximate surface area is 92.9 Å². The van der Waals surface area contributed by atoms with Crippen molar-refractivity contribution in [2.75, 3.05) is 0 Å². The normalized spacial score (nSPS) is 9.88. The van der Waals surface area contributed by atoms with Crippen LogP contribution in [0.3, 0.4) is 0 Å². The van der Waals surface area contributed by atoms with Gasteiger partial charge in [-0.25, -0.2) is 4.79 Å². The van der Waals surface area contributed by atoms with Crippen LogP contribution in [0.1, 0.15) is 39.6 Å². The van der Waals surface area contributed by atoms with Crippen LogP contribution in [0.25, 0.3) is 0 Å². The van der Waals surface area contributed by atoms with Crippen LogP contribution in [0.2, 0.25) is 0 Å². The molecule has 0 bridgehead atoms. The van der Waals surface area contributed by atoms with E-state index in [0.29, 0.717) is 5.56 Å². The molecule has 0 radical (unpaired) electrons. The van der Waals surface area contributed by atoms with Gasteiger partial charge in [-0.15, -0.1) is 0 Å². The Balaban J connectivity index is 3.25. The van der Waals surface area contributed by atoms with E-state index in [1.165, 1.54) is 13.0 Å². The van der Waals surface area contributed by atoms with Crippen molar-refractivity contribution >= 4 is 17.5 Å². The maximum Gasteiger partial charge on any atom is 0.336 e. The summed E-state index contributed by atoms with van der Waals surface area (Å²) in [7, 11) is 0. The largest absolute Gasteiger partial charge is 0.478 e. The van der Waals surface area contributed by atoms with Crippen LogP contribution in [-0.2, 0) is 4.79 Å². The molecule has 0 spiro atoms. The Bertz CT molecular complexity index is 460. The van der Waals surface area contributed by atoms with Crippen molar-refractivity contribution < 1.29 is 19.5 Å². The summed E-state index contributed by atoms with van der Waals surface area (Å²) in [6, 6.07) is 4.59. The van der Waals surface area contributed by atoms with Gasteiger partial charge in [-0.2, -0.15) is 0 Å². The van der Waals surface area contributed by atoms with E-state index in [1.54, 1.807) is 19.1 Å². The first-order valence-corrected chi connectivity index (χ1v) is 4.79. The van der Waals surface area contributed by atoms with Crippen LogP contribution in [0.5, 0.6) is 0 Å². The van der Waals surface area contributed by atoms with Gasteiger partial charge in [-0.1, -0.05) is 12.1 Å². The highest BCUT2D eigenvalue weighted by atomic mass is 16.4. The lowest BCUT2D eigenvalue weighted by Gasteiger charge is -2.07. The van der Waals surface area contributed by atoms with Gasteiger partial charge < -0.3 is 5.11 Å². The van der Waals surface area contributed by atoms with E-state index in [2.05, 4.69) is 0 Å². The molecule has 1 aromatic carbocycles. The van der Waals surface area contributed by atoms with Crippen LogP contribution < -0.4 is 0 Å². The number of benzene rings is 1. The molecule has 0 fully saturated rings. The molecular weight excluding hydrogens is 208 g/mol. The average molecular weight is 220 g/mol. The van der Waals surface area contributed by atoms with Crippen molar-refractivity contribution in [3.8, 4) is 0 Å². The van der Waals surface area contributed by atoms with E-state index >= 15 is 0 Å². The van der Waals surface area contributed by atoms with E-state index in [1.807, 2.05) is 0 Å². The van der Waals surface area contributed by atoms with Crippen molar-refractivity contribution in [3.05, 3.63) is 34.9 Å². The fraction of sp³-hybridized carbons (Fsp3) is 0.250. The Morgan fingerprint density at radius 1 is 1.25 bits per heavy atom. The molecule has 0 saturated heterocycles. The molecule has 0 heterocycles. The molecule has 0 aromatic heterocycles. The first-order valence-electron chi connectivity index (χ1n) is 4.79. The van der Waals surface area contributed by atoms with Gasteiger partial charge in [0, 0.05) is 5.56 Å². The summed E-state index contributed by atoms with van der Waals surface area (Å²) in [6.07, 6.45) is -0.259. The van der Waals surface area contributed by atoms with Gasteiger partial charge in [-0.3, -0.25) is 9.59 Å². The molecule has 0 aliphatic carbocycles. The molecule has 1 aromatic rings. The number of carboxylic acids is 1. The maximum absolute atomic E-state index is 11.7. The zero-order valence-electron chi connectivity index (χ0n) is 9.11. The van der Waals surface area contributed by atoms with Crippen LogP contribution in [0.4, 0.5) is 0 Å². The van der Waals surface area contributed by atoms with Gasteiger partial charge in [0.1, 0.15) is 5.78 Å². The molecule has 1 rings (SSSR count). The summed E-state index contributed by atoms with van der Waals surface area (Å²) < 4.78 is 0. The number of aromatic carboxylic acids is 1. The van der Waals surface area contributed by atoms with Gasteiger partial charge in [0.25, 0.3) is 0 Å². The molecule has 4 heteroatoms. The number of hydrogen-bond donors (Lipinski definition) is 1. The Morgan fingerprint density at radius 2 is 1.88 bits per heavy atom. The summed E-state index contributed by atoms with van der Waals surface area (Å²) in [5.41, 5.74) is 0.655. The number of rotatable bonds is 4. The van der Waals surface area contributed by atoms with E-state index in [-0.39, 0.29) is 23.3 Å². The van der Waals surface area contributed by atoms with Gasteiger partial charge in [0.2, 0.25) is 0 Å². The molecule has 84 valence electrons. The molecule has 0 atom stereocenters. The number of carboxylic acid groups (broad SMARTS) is 1. The van der Waals surface area contributed by atoms with Gasteiger partial charge in [0.15, 0.2) is 5.78 Å². The van der Waals surface area contributed by atoms with Crippen LogP contribution in [0.15, 0.2) is 18.2 Å². The number of carbonyl (C=O) groups is 3. The van der Waals surface area contributed by atoms with Gasteiger partial charge >= 0.3 is 5.97 Å². The number of Topliss-reactive ketones (excluding diaryl/α,β-unsaturated/α-hetero) is 2. The third-order valence-corrected chi connectivity index (χ3v) is 2.19. The second-order valence-corrected chi connectivity index (χ2v) is 3.60. The fourth-order valence-corrected chi connectivity index (χ4v) is 1.53. The quantitative estimate of drug-likeness (QED) is 0.621. The summed E-state index contributed by atoms with van der Waals surface area (Å²) in [5, 5.41) is 8.94. The van der Waals surface area contributed by atoms with Crippen molar-refractivity contribution in [2.45, 2.75) is 20.3 Å². The SMILES string of the molecule is CC(=O)CC(=O)c1c(C)cccc1C(=O)O. The standard InChI is InChI=1S/C12H12O4/c1-7-4-3-5-9(12(15)16)11(7)10(14)6-8(2)13/h3-5H,6H2,1-2H3,(H,15,16). The zero-order chi connectivity index (χ0) is 12.3. The van der Waals surface area contributed by atoms with Crippen LogP contribution in [0, 0.1) is 6.92 Å². The van der Waals surface area contributed by atoms with Crippen LogP contribution in [-0.4, -0.2) is 22.6 Å². The van der Waals surface area contributed by atoms with Crippen molar-refractivity contribution in [3.63, 3.8) is 0 Å². The molecule has 0 aliphatic heterocycles. The highest BCUT2D eigenvalue weighted by Gasteiger charge is 2.19. The molecule has 16 heavy (non-hydrogen) atoms. The smallest absolute Gasteiger partial charge is 0.336 e. The predicted molar refractivity (Wildman–Crippen MR) is 57.8 cm³/mol. The summed E-state index contributed by atoms with van der Waals surface area (Å²) >= 11 is 0. The average Bonchev–Trinajstić information content (AvgIpc) is 2.15. The maximum atomic E-state index is 11.7. The molecular formula is C12H12O4. The summed E-state index contributed by atoms with van der Waals surface area (Å²) in [4.78, 5) is 33.5. The molecule has 0 aliphatic rings. The summed E-state index contributed by atoms with van der Waals surface area (Å²) in [6.45, 7) is 2.95. The molecule has 4 nitrogen and oxygen atoms in total. The first kappa shape index (κ1) is 12.1. The van der Waals surface area contributed by atoms with Gasteiger partial charge in [-0.05, 0) is 25.5 Å². The minimum absolute atomic E-state index is 0.0498. The summed E-state index contributed by atoms with van der Waals surface area (Å²) in [5.74, 6) is -1.87. The van der Waals surface area contributed by atoms with E-state index in [9.17, 15) is 14.4 Å². The lowest BCUT2D eigenvalue weighted by molar-refractivity contribution is -0.116. The topological polar surface area (TPSA) is 71.4 Å². The molecule has 0 saturated carbocycles. The lowest BCUT2D eigenvalue weighted by Crippen LogP contribution is -2.13. The minimum atomic E-state index is -1.16. The Hall–Kier alpha value is -1.97. The fourth-order valence-electron chi connectivity index (χ4n) is 1.53. The van der Waals surface area contributed by atoms with Crippen molar-refractivity contribution in [1.29, 1.82) is 0 Å². The second kappa shape index (κ2) is 4.70. The predicted octanol–water partition coefficient (Wildman–Crippen LogP) is 1.86. The highest BCUT2D eigenvalue weighted by Crippen LogP contribution is 2.16. The Kier molecular flexibility index (Phi) is 3.55. The highest BCUT2D eigenvalue weighted by molar-refractivity contribution is 6.12. The third-order valence-electron chi connectivity index (χ3n) is 2.19.